The number of fused-ring (bicyclic) bond motifs is 11. The molecule has 0 unspecified atom stereocenters. The Morgan fingerprint density at radius 3 is 1.46 bits per heavy atom. The fourth-order valence-corrected chi connectivity index (χ4v) is 8.57. The van der Waals surface area contributed by atoms with Crippen LogP contribution in [0.2, 0.25) is 0 Å². The van der Waals surface area contributed by atoms with Crippen molar-refractivity contribution in [3.8, 4) is 50.9 Å². The van der Waals surface area contributed by atoms with E-state index < -0.39 is 5.41 Å². The van der Waals surface area contributed by atoms with Gasteiger partial charge in [0.1, 0.15) is 17.6 Å². The van der Waals surface area contributed by atoms with Gasteiger partial charge in [-0.25, -0.2) is 0 Å². The number of nitrogens with zero attached hydrogens (tertiary/aromatic N) is 1. The van der Waals surface area contributed by atoms with Crippen LogP contribution in [0, 0.1) is 11.3 Å². The molecule has 2 nitrogen and oxygen atoms in total. The van der Waals surface area contributed by atoms with Crippen LogP contribution in [-0.2, 0) is 5.41 Å². The molecule has 0 saturated heterocycles. The Morgan fingerprint density at radius 1 is 0.396 bits per heavy atom. The molecule has 1 aliphatic heterocycles. The van der Waals surface area contributed by atoms with Crippen molar-refractivity contribution < 1.29 is 4.74 Å². The van der Waals surface area contributed by atoms with Crippen LogP contribution in [0.1, 0.15) is 27.8 Å². The van der Waals surface area contributed by atoms with Crippen molar-refractivity contribution in [1.29, 1.82) is 5.26 Å². The smallest absolute Gasteiger partial charge is 0.150 e. The van der Waals surface area contributed by atoms with E-state index in [1.165, 1.54) is 44.2 Å². The monoisotopic (exact) mass is 609 g/mol. The molecule has 0 bridgehead atoms. The van der Waals surface area contributed by atoms with Crippen molar-refractivity contribution >= 4 is 21.5 Å². The second-order valence-electron chi connectivity index (χ2n) is 12.6. The molecule has 1 spiro atoms. The van der Waals surface area contributed by atoms with Gasteiger partial charge in [-0.3, -0.25) is 0 Å². The van der Waals surface area contributed by atoms with Crippen molar-refractivity contribution in [3.05, 3.63) is 192 Å². The molecule has 1 aliphatic carbocycles. The van der Waals surface area contributed by atoms with Gasteiger partial charge in [0.05, 0.1) is 11.0 Å². The molecule has 0 fully saturated rings. The summed E-state index contributed by atoms with van der Waals surface area (Å²) in [5.41, 5.74) is 11.3. The highest BCUT2D eigenvalue weighted by Crippen LogP contribution is 2.64. The molecule has 1 heterocycles. The summed E-state index contributed by atoms with van der Waals surface area (Å²) in [5.74, 6) is 1.42. The molecule has 48 heavy (non-hydrogen) atoms. The van der Waals surface area contributed by atoms with E-state index in [1.54, 1.807) is 0 Å². The zero-order chi connectivity index (χ0) is 31.8. The molecule has 0 radical (unpaired) electrons. The van der Waals surface area contributed by atoms with Crippen molar-refractivity contribution in [2.24, 2.45) is 0 Å². The van der Waals surface area contributed by atoms with Crippen LogP contribution in [0.4, 0.5) is 0 Å². The SMILES string of the molecule is N#Cc1cccc2c1Oc1c(-c3c4ccccc4c(-c4ccccc4)c4ccccc34)cccc1C21c2ccccc2-c2ccccc21. The van der Waals surface area contributed by atoms with Gasteiger partial charge in [0, 0.05) is 22.3 Å². The summed E-state index contributed by atoms with van der Waals surface area (Å²) in [6, 6.07) is 60.6. The Kier molecular flexibility index (Phi) is 5.59. The molecule has 8 aromatic carbocycles. The molecule has 10 rings (SSSR count). The van der Waals surface area contributed by atoms with Crippen LogP contribution in [-0.4, -0.2) is 0 Å². The van der Waals surface area contributed by atoms with E-state index in [0.717, 1.165) is 38.8 Å². The second-order valence-corrected chi connectivity index (χ2v) is 12.6. The summed E-state index contributed by atoms with van der Waals surface area (Å²) in [6.07, 6.45) is 0. The van der Waals surface area contributed by atoms with Gasteiger partial charge in [-0.15, -0.1) is 0 Å². The fraction of sp³-hybridized carbons (Fsp3) is 0.0217. The molecule has 8 aromatic rings. The second kappa shape index (κ2) is 10.0. The zero-order valence-corrected chi connectivity index (χ0v) is 25.9. The van der Waals surface area contributed by atoms with Gasteiger partial charge in [-0.05, 0) is 61.0 Å². The summed E-state index contributed by atoms with van der Waals surface area (Å²) in [4.78, 5) is 0. The quantitative estimate of drug-likeness (QED) is 0.183. The van der Waals surface area contributed by atoms with Gasteiger partial charge in [0.2, 0.25) is 0 Å². The Balaban J connectivity index is 1.38. The first kappa shape index (κ1) is 26.8. The van der Waals surface area contributed by atoms with E-state index in [1.807, 2.05) is 12.1 Å². The molecule has 222 valence electrons. The van der Waals surface area contributed by atoms with E-state index in [-0.39, 0.29) is 0 Å². The highest BCUT2D eigenvalue weighted by atomic mass is 16.5. The van der Waals surface area contributed by atoms with Crippen molar-refractivity contribution in [1.82, 2.24) is 0 Å². The molecule has 2 heteroatoms. The zero-order valence-electron chi connectivity index (χ0n) is 25.9. The third-order valence-electron chi connectivity index (χ3n) is 10.4. The molecule has 0 amide bonds. The van der Waals surface area contributed by atoms with Gasteiger partial charge >= 0.3 is 0 Å². The van der Waals surface area contributed by atoms with Crippen LogP contribution in [0.5, 0.6) is 11.5 Å². The van der Waals surface area contributed by atoms with E-state index in [0.29, 0.717) is 11.3 Å². The molecule has 0 N–H and O–H groups in total. The minimum Gasteiger partial charge on any atom is -0.455 e. The number of nitriles is 1. The highest BCUT2D eigenvalue weighted by Gasteiger charge is 2.52. The lowest BCUT2D eigenvalue weighted by Crippen LogP contribution is -2.32. The molecular weight excluding hydrogens is 583 g/mol. The van der Waals surface area contributed by atoms with E-state index in [4.69, 9.17) is 4.74 Å². The Morgan fingerprint density at radius 2 is 0.854 bits per heavy atom. The average molecular weight is 610 g/mol. The Labute approximate surface area is 278 Å². The standard InChI is InChI=1S/C46H27NO/c47-28-30-16-12-26-40-44(30)48-45-37(23-13-27-41(45)46(40)38-24-10-8-17-31(38)32-18-9-11-25-39(32)46)43-35-21-6-4-19-33(35)42(29-14-2-1-3-15-29)34-20-5-7-22-36(34)43/h1-27H. The van der Waals surface area contributed by atoms with E-state index in [9.17, 15) is 5.26 Å². The van der Waals surface area contributed by atoms with Gasteiger partial charge in [0.15, 0.2) is 0 Å². The third kappa shape index (κ3) is 3.40. The lowest BCUT2D eigenvalue weighted by Gasteiger charge is -2.40. The largest absolute Gasteiger partial charge is 0.455 e. The molecule has 0 aromatic heterocycles. The summed E-state index contributed by atoms with van der Waals surface area (Å²) < 4.78 is 7.09. The van der Waals surface area contributed by atoms with Crippen LogP contribution < -0.4 is 4.74 Å². The Bertz CT molecular complexity index is 2560. The average Bonchev–Trinajstić information content (AvgIpc) is 3.45. The predicted octanol–water partition coefficient (Wildman–Crippen LogP) is 11.7. The van der Waals surface area contributed by atoms with Crippen LogP contribution >= 0.6 is 0 Å². The van der Waals surface area contributed by atoms with Gasteiger partial charge in [-0.1, -0.05) is 158 Å². The minimum absolute atomic E-state index is 0.531. The number of benzene rings is 8. The minimum atomic E-state index is -0.658. The Hall–Kier alpha value is -6.43. The molecule has 2 aliphatic rings. The topological polar surface area (TPSA) is 33.0 Å². The number of rotatable bonds is 2. The molecule has 0 saturated carbocycles. The number of hydrogen-bond donors (Lipinski definition) is 0. The van der Waals surface area contributed by atoms with Gasteiger partial charge in [-0.2, -0.15) is 5.26 Å². The fourth-order valence-electron chi connectivity index (χ4n) is 8.57. The molecule has 0 atom stereocenters. The number of para-hydroxylation sites is 2. The normalized spacial score (nSPS) is 13.3. The van der Waals surface area contributed by atoms with Crippen LogP contribution in [0.15, 0.2) is 164 Å². The van der Waals surface area contributed by atoms with Crippen molar-refractivity contribution in [2.75, 3.05) is 0 Å². The van der Waals surface area contributed by atoms with Crippen LogP contribution in [0.3, 0.4) is 0 Å². The summed E-state index contributed by atoms with van der Waals surface area (Å²) in [6.45, 7) is 0. The predicted molar refractivity (Wildman–Crippen MR) is 194 cm³/mol. The van der Waals surface area contributed by atoms with E-state index >= 15 is 0 Å². The summed E-state index contributed by atoms with van der Waals surface area (Å²) in [5, 5.41) is 15.1. The first-order valence-corrected chi connectivity index (χ1v) is 16.3. The van der Waals surface area contributed by atoms with Crippen molar-refractivity contribution in [3.63, 3.8) is 0 Å². The third-order valence-corrected chi connectivity index (χ3v) is 10.4. The van der Waals surface area contributed by atoms with Crippen molar-refractivity contribution in [2.45, 2.75) is 5.41 Å². The van der Waals surface area contributed by atoms with Gasteiger partial charge < -0.3 is 4.74 Å². The maximum atomic E-state index is 10.4. The summed E-state index contributed by atoms with van der Waals surface area (Å²) >= 11 is 0. The number of ether oxygens (including phenoxy) is 1. The lowest BCUT2D eigenvalue weighted by atomic mass is 9.65. The first-order chi connectivity index (χ1) is 23.8. The van der Waals surface area contributed by atoms with Gasteiger partial charge in [0.25, 0.3) is 0 Å². The lowest BCUT2D eigenvalue weighted by molar-refractivity contribution is 0.436. The summed E-state index contributed by atoms with van der Waals surface area (Å²) in [7, 11) is 0. The maximum Gasteiger partial charge on any atom is 0.150 e. The highest BCUT2D eigenvalue weighted by molar-refractivity contribution is 6.22. The van der Waals surface area contributed by atoms with Crippen LogP contribution in [0.25, 0.3) is 54.9 Å². The number of hydrogen-bond acceptors (Lipinski definition) is 2. The molecular formula is C46H27NO. The first-order valence-electron chi connectivity index (χ1n) is 16.3. The maximum absolute atomic E-state index is 10.4. The van der Waals surface area contributed by atoms with E-state index in [2.05, 4.69) is 158 Å².